The Balaban J connectivity index is 2.05. The molecule has 0 heterocycles. The Hall–Kier alpha value is -2.71. The summed E-state index contributed by atoms with van der Waals surface area (Å²) in [5.74, 6) is 0.177. The van der Waals surface area contributed by atoms with Gasteiger partial charge in [0, 0.05) is 5.02 Å². The van der Waals surface area contributed by atoms with Crippen molar-refractivity contribution in [1.82, 2.24) is 10.9 Å². The number of halogens is 1. The summed E-state index contributed by atoms with van der Waals surface area (Å²) in [7, 11) is -3.70. The molecular weight excluding hydrogens is 414 g/mol. The summed E-state index contributed by atoms with van der Waals surface area (Å²) in [5.41, 5.74) is 7.40. The summed E-state index contributed by atoms with van der Waals surface area (Å²) in [5, 5.41) is 0.377. The van der Waals surface area contributed by atoms with E-state index in [0.717, 1.165) is 21.9 Å². The Kier molecular flexibility index (Phi) is 7.53. The van der Waals surface area contributed by atoms with E-state index in [9.17, 15) is 13.2 Å². The number of carbonyl (C=O) groups is 1. The lowest BCUT2D eigenvalue weighted by molar-refractivity contribution is -0.120. The van der Waals surface area contributed by atoms with Gasteiger partial charge in [0.2, 0.25) is 10.0 Å². The van der Waals surface area contributed by atoms with Gasteiger partial charge < -0.3 is 4.74 Å². The molecule has 0 radical (unpaired) electrons. The van der Waals surface area contributed by atoms with Crippen LogP contribution in [0.3, 0.4) is 0 Å². The Bertz CT molecular complexity index is 991. The second-order valence-electron chi connectivity index (χ2n) is 6.31. The molecule has 9 heteroatoms. The van der Waals surface area contributed by atoms with E-state index in [1.165, 1.54) is 6.07 Å². The second-order valence-corrected chi connectivity index (χ2v) is 8.65. The van der Waals surface area contributed by atoms with Crippen LogP contribution in [-0.4, -0.2) is 33.7 Å². The van der Waals surface area contributed by atoms with Gasteiger partial charge in [0.25, 0.3) is 5.91 Å². The van der Waals surface area contributed by atoms with E-state index in [0.29, 0.717) is 28.6 Å². The molecule has 1 amide bonds. The molecule has 0 aliphatic heterocycles. The molecule has 0 fully saturated rings. The van der Waals surface area contributed by atoms with Crippen molar-refractivity contribution >= 4 is 38.9 Å². The number of nitrogens with one attached hydrogen (secondary N) is 2. The van der Waals surface area contributed by atoms with E-state index in [2.05, 4.69) is 17.4 Å². The van der Waals surface area contributed by atoms with E-state index in [1.807, 2.05) is 6.92 Å². The predicted molar refractivity (Wildman–Crippen MR) is 116 cm³/mol. The summed E-state index contributed by atoms with van der Waals surface area (Å²) < 4.78 is 30.8. The molecule has 29 heavy (non-hydrogen) atoms. The van der Waals surface area contributed by atoms with Crippen LogP contribution in [0, 0.1) is 6.92 Å². The number of hydrazine groups is 1. The van der Waals surface area contributed by atoms with Crippen LogP contribution in [0.2, 0.25) is 5.02 Å². The number of rotatable bonds is 9. The summed E-state index contributed by atoms with van der Waals surface area (Å²) in [6.07, 6.45) is 1.03. The lowest BCUT2D eigenvalue weighted by Crippen LogP contribution is -2.45. The maximum Gasteiger partial charge on any atom is 0.259 e. The number of anilines is 1. The zero-order valence-corrected chi connectivity index (χ0v) is 18.1. The summed E-state index contributed by atoms with van der Waals surface area (Å²) in [6.45, 7) is 7.66. The number of carbonyl (C=O) groups excluding carboxylic acids is 1. The highest BCUT2D eigenvalue weighted by molar-refractivity contribution is 7.92. The molecule has 0 saturated carbocycles. The van der Waals surface area contributed by atoms with Crippen molar-refractivity contribution in [1.29, 1.82) is 0 Å². The van der Waals surface area contributed by atoms with Gasteiger partial charge in [0.15, 0.2) is 0 Å². The summed E-state index contributed by atoms with van der Waals surface area (Å²) >= 11 is 5.99. The molecule has 7 nitrogen and oxygen atoms in total. The highest BCUT2D eigenvalue weighted by Crippen LogP contribution is 2.26. The first-order valence-corrected chi connectivity index (χ1v) is 11.0. The monoisotopic (exact) mass is 437 g/mol. The van der Waals surface area contributed by atoms with E-state index < -0.39 is 22.5 Å². The Labute approximate surface area is 176 Å². The van der Waals surface area contributed by atoms with E-state index >= 15 is 0 Å². The molecule has 2 rings (SSSR count). The number of aryl methyl sites for hydroxylation is 1. The number of ether oxygens (including phenoxy) is 1. The van der Waals surface area contributed by atoms with Crippen LogP contribution in [0.15, 0.2) is 49.0 Å². The van der Waals surface area contributed by atoms with Crippen molar-refractivity contribution in [3.8, 4) is 5.75 Å². The number of amides is 1. The van der Waals surface area contributed by atoms with Gasteiger partial charge in [-0.3, -0.25) is 20.0 Å². The van der Waals surface area contributed by atoms with Crippen LogP contribution in [0.4, 0.5) is 5.69 Å². The number of benzene rings is 2. The fourth-order valence-corrected chi connectivity index (χ4v) is 3.61. The molecule has 0 unspecified atom stereocenters. The maximum absolute atomic E-state index is 12.4. The van der Waals surface area contributed by atoms with Gasteiger partial charge in [-0.25, -0.2) is 8.42 Å². The van der Waals surface area contributed by atoms with Gasteiger partial charge in [-0.2, -0.15) is 0 Å². The van der Waals surface area contributed by atoms with Crippen LogP contribution in [0.5, 0.6) is 5.75 Å². The van der Waals surface area contributed by atoms with Crippen LogP contribution >= 0.6 is 11.6 Å². The second kappa shape index (κ2) is 9.67. The van der Waals surface area contributed by atoms with E-state index in [1.54, 1.807) is 43.3 Å². The van der Waals surface area contributed by atoms with Crippen molar-refractivity contribution in [3.63, 3.8) is 0 Å². The normalized spacial score (nSPS) is 10.9. The lowest BCUT2D eigenvalue weighted by Gasteiger charge is -2.24. The molecule has 0 aromatic heterocycles. The fraction of sp³-hybridized carbons (Fsp3) is 0.250. The number of hydrogen-bond donors (Lipinski definition) is 2. The zero-order chi connectivity index (χ0) is 21.6. The van der Waals surface area contributed by atoms with Crippen LogP contribution < -0.4 is 19.9 Å². The van der Waals surface area contributed by atoms with Crippen molar-refractivity contribution in [2.45, 2.75) is 13.8 Å². The largest absolute Gasteiger partial charge is 0.494 e. The topological polar surface area (TPSA) is 87.7 Å². The Morgan fingerprint density at radius 3 is 2.41 bits per heavy atom. The number of nitrogens with zero attached hydrogens (tertiary/aromatic N) is 1. The first kappa shape index (κ1) is 22.6. The van der Waals surface area contributed by atoms with Crippen molar-refractivity contribution in [2.24, 2.45) is 0 Å². The molecule has 0 aliphatic carbocycles. The molecule has 2 aromatic rings. The molecule has 0 saturated heterocycles. The third-order valence-electron chi connectivity index (χ3n) is 3.99. The summed E-state index contributed by atoms with van der Waals surface area (Å²) in [4.78, 5) is 12.4. The van der Waals surface area contributed by atoms with Crippen molar-refractivity contribution < 1.29 is 17.9 Å². The Morgan fingerprint density at radius 2 is 1.83 bits per heavy atom. The average molecular weight is 438 g/mol. The van der Waals surface area contributed by atoms with Crippen molar-refractivity contribution in [3.05, 3.63) is 65.2 Å². The number of hydrogen-bond acceptors (Lipinski definition) is 5. The average Bonchev–Trinajstić information content (AvgIpc) is 2.66. The Morgan fingerprint density at radius 1 is 1.17 bits per heavy atom. The van der Waals surface area contributed by atoms with Crippen LogP contribution in [-0.2, 0) is 14.8 Å². The van der Waals surface area contributed by atoms with Gasteiger partial charge in [-0.05, 0) is 61.4 Å². The SMILES string of the molecule is C=C(NNC(=O)CN(c1cc(Cl)ccc1C)S(C)(=O)=O)c1ccc(OCC)cc1. The quantitative estimate of drug-likeness (QED) is 0.588. The predicted octanol–water partition coefficient (Wildman–Crippen LogP) is 3.10. The highest BCUT2D eigenvalue weighted by atomic mass is 35.5. The zero-order valence-electron chi connectivity index (χ0n) is 16.5. The summed E-state index contributed by atoms with van der Waals surface area (Å²) in [6, 6.07) is 12.0. The smallest absolute Gasteiger partial charge is 0.259 e. The van der Waals surface area contributed by atoms with Gasteiger partial charge in [0.1, 0.15) is 12.3 Å². The minimum absolute atomic E-state index is 0.348. The van der Waals surface area contributed by atoms with Gasteiger partial charge in [-0.1, -0.05) is 24.2 Å². The van der Waals surface area contributed by atoms with Gasteiger partial charge in [0.05, 0.1) is 24.2 Å². The lowest BCUT2D eigenvalue weighted by atomic mass is 10.2. The first-order chi connectivity index (χ1) is 13.6. The number of sulfonamides is 1. The van der Waals surface area contributed by atoms with Crippen molar-refractivity contribution in [2.75, 3.05) is 23.7 Å². The third-order valence-corrected chi connectivity index (χ3v) is 5.36. The standard InChI is InChI=1S/C20H24ClN3O4S/c1-5-28-18-10-7-16(8-11-18)15(3)22-23-20(25)13-24(29(4,26)27)19-12-17(21)9-6-14(19)2/h6-12,22H,3,5,13H2,1-2,4H3,(H,23,25). The maximum atomic E-state index is 12.4. The highest BCUT2D eigenvalue weighted by Gasteiger charge is 2.22. The van der Waals surface area contributed by atoms with Crippen LogP contribution in [0.25, 0.3) is 5.70 Å². The first-order valence-electron chi connectivity index (χ1n) is 8.82. The molecule has 0 spiro atoms. The van der Waals surface area contributed by atoms with Crippen LogP contribution in [0.1, 0.15) is 18.1 Å². The molecule has 0 bridgehead atoms. The molecule has 156 valence electrons. The molecular formula is C20H24ClN3O4S. The van der Waals surface area contributed by atoms with Gasteiger partial charge >= 0.3 is 0 Å². The van der Waals surface area contributed by atoms with E-state index in [4.69, 9.17) is 16.3 Å². The molecule has 0 atom stereocenters. The molecule has 0 aliphatic rings. The van der Waals surface area contributed by atoms with E-state index in [-0.39, 0.29) is 0 Å². The van der Waals surface area contributed by atoms with Gasteiger partial charge in [-0.15, -0.1) is 0 Å². The minimum Gasteiger partial charge on any atom is -0.494 e. The molecule has 2 aromatic carbocycles. The molecule has 2 N–H and O–H groups in total. The fourth-order valence-electron chi connectivity index (χ4n) is 2.54. The minimum atomic E-state index is -3.70. The third kappa shape index (κ3) is 6.40.